The molecule has 0 aliphatic heterocycles. The summed E-state index contributed by atoms with van der Waals surface area (Å²) in [5.41, 5.74) is 0.449. The first-order valence-corrected chi connectivity index (χ1v) is 2.84. The van der Waals surface area contributed by atoms with Crippen molar-refractivity contribution in [2.45, 2.75) is 0 Å². The topological polar surface area (TPSA) is 88.8 Å². The molecular weight excluding hydrogens is 169 g/mol. The van der Waals surface area contributed by atoms with Crippen LogP contribution in [0.2, 0.25) is 0 Å². The Hall–Kier alpha value is -0.550. The predicted molar refractivity (Wildman–Crippen MR) is 36.9 cm³/mol. The summed E-state index contributed by atoms with van der Waals surface area (Å²) in [5, 5.41) is 20.4. The second kappa shape index (κ2) is 7.12. The van der Waals surface area contributed by atoms with E-state index in [9.17, 15) is 5.11 Å². The van der Waals surface area contributed by atoms with Crippen molar-refractivity contribution >= 4 is 5.90 Å². The number of benzene rings is 1. The van der Waals surface area contributed by atoms with Gasteiger partial charge in [0.15, 0.2) is 5.90 Å². The number of nitrogens with one attached hydrogen (secondary N) is 1. The van der Waals surface area contributed by atoms with Crippen molar-refractivity contribution in [3.63, 3.8) is 0 Å². The molecule has 0 fully saturated rings. The molecular formula is C7H9NNaO3+. The molecule has 5 heteroatoms. The van der Waals surface area contributed by atoms with Crippen molar-refractivity contribution in [2.24, 2.45) is 0 Å². The Balaban J connectivity index is 0. The Bertz CT molecular complexity index is 238. The van der Waals surface area contributed by atoms with Crippen LogP contribution in [0.15, 0.2) is 30.3 Å². The molecule has 0 saturated carbocycles. The number of hydrogen-bond acceptors (Lipinski definition) is 2. The molecule has 4 nitrogen and oxygen atoms in total. The molecule has 0 saturated heterocycles. The first kappa shape index (κ1) is 14.0. The summed E-state index contributed by atoms with van der Waals surface area (Å²) in [7, 11) is 0. The molecule has 0 spiro atoms. The van der Waals surface area contributed by atoms with E-state index in [1.54, 1.807) is 35.5 Å². The quantitative estimate of drug-likeness (QED) is 0.148. The summed E-state index contributed by atoms with van der Waals surface area (Å²) in [6, 6.07) is 8.49. The van der Waals surface area contributed by atoms with Crippen LogP contribution < -0.4 is 39.8 Å². The molecule has 1 rings (SSSR count). The van der Waals surface area contributed by atoms with Crippen LogP contribution in [0.1, 0.15) is 5.56 Å². The molecule has 1 aromatic carbocycles. The Morgan fingerprint density at radius 3 is 2.17 bits per heavy atom. The van der Waals surface area contributed by atoms with E-state index in [2.05, 4.69) is 0 Å². The standard InChI is InChI=1S/C7H7NO2.Na.H2O/c9-7(8-10)6-4-2-1-3-5-6;;/h1-5,10H,(H,8,9);;1H2/q;+1;. The molecule has 1 aromatic rings. The molecule has 0 radical (unpaired) electrons. The molecule has 4 N–H and O–H groups in total. The summed E-state index contributed by atoms with van der Waals surface area (Å²) in [6.07, 6.45) is 0. The average molecular weight is 178 g/mol. The van der Waals surface area contributed by atoms with Gasteiger partial charge in [0.2, 0.25) is 0 Å². The van der Waals surface area contributed by atoms with E-state index in [0.29, 0.717) is 5.56 Å². The predicted octanol–water partition coefficient (Wildman–Crippen LogP) is -5.56. The Kier molecular flexibility index (Phi) is 8.31. The SMILES string of the molecule is O.[Na+].[O-]/C(=[NH+]\O)c1ccccc1. The third-order valence-corrected chi connectivity index (χ3v) is 1.14. The minimum atomic E-state index is -0.486. The van der Waals surface area contributed by atoms with E-state index >= 15 is 0 Å². The maximum atomic E-state index is 10.7. The average Bonchev–Trinajstić information content (AvgIpc) is 2.05. The first-order valence-electron chi connectivity index (χ1n) is 2.84. The van der Waals surface area contributed by atoms with Gasteiger partial charge in [-0.3, -0.25) is 5.21 Å². The van der Waals surface area contributed by atoms with Crippen molar-refractivity contribution in [2.75, 3.05) is 0 Å². The van der Waals surface area contributed by atoms with Crippen molar-refractivity contribution < 1.29 is 50.5 Å². The van der Waals surface area contributed by atoms with E-state index in [4.69, 9.17) is 5.21 Å². The Labute approximate surface area is 92.1 Å². The van der Waals surface area contributed by atoms with Crippen LogP contribution >= 0.6 is 0 Å². The van der Waals surface area contributed by atoms with E-state index in [1.807, 2.05) is 0 Å². The fourth-order valence-electron chi connectivity index (χ4n) is 0.654. The molecule has 0 aromatic heterocycles. The van der Waals surface area contributed by atoms with Gasteiger partial charge in [0, 0.05) is 5.56 Å². The molecule has 12 heavy (non-hydrogen) atoms. The van der Waals surface area contributed by atoms with Crippen LogP contribution in [0.5, 0.6) is 0 Å². The van der Waals surface area contributed by atoms with Gasteiger partial charge in [-0.25, -0.2) is 0 Å². The normalized spacial score (nSPS) is 9.50. The van der Waals surface area contributed by atoms with Gasteiger partial charge in [0.05, 0.1) is 0 Å². The third-order valence-electron chi connectivity index (χ3n) is 1.14. The van der Waals surface area contributed by atoms with Crippen LogP contribution in [0, 0.1) is 0 Å². The van der Waals surface area contributed by atoms with Crippen LogP contribution in [-0.2, 0) is 0 Å². The van der Waals surface area contributed by atoms with Crippen LogP contribution in [0.4, 0.5) is 0 Å². The summed E-state index contributed by atoms with van der Waals surface area (Å²) in [4.78, 5) is 0. The van der Waals surface area contributed by atoms with Crippen LogP contribution in [0.25, 0.3) is 0 Å². The van der Waals surface area contributed by atoms with Crippen molar-refractivity contribution in [1.29, 1.82) is 0 Å². The largest absolute Gasteiger partial charge is 1.00 e. The van der Waals surface area contributed by atoms with Gasteiger partial charge in [-0.05, 0) is 12.1 Å². The fraction of sp³-hybridized carbons (Fsp3) is 0. The van der Waals surface area contributed by atoms with E-state index in [0.717, 1.165) is 0 Å². The van der Waals surface area contributed by atoms with Crippen LogP contribution in [0.3, 0.4) is 0 Å². The maximum Gasteiger partial charge on any atom is 1.00 e. The van der Waals surface area contributed by atoms with Crippen molar-refractivity contribution in [3.05, 3.63) is 35.9 Å². The monoisotopic (exact) mass is 178 g/mol. The van der Waals surface area contributed by atoms with Gasteiger partial charge in [-0.1, -0.05) is 23.4 Å². The smallest absolute Gasteiger partial charge is 0.820 e. The first-order chi connectivity index (χ1) is 4.84. The van der Waals surface area contributed by atoms with E-state index < -0.39 is 5.90 Å². The van der Waals surface area contributed by atoms with Crippen LogP contribution in [-0.4, -0.2) is 16.6 Å². The minimum absolute atomic E-state index is 0. The summed E-state index contributed by atoms with van der Waals surface area (Å²) in [6.45, 7) is 0. The Morgan fingerprint density at radius 2 is 1.75 bits per heavy atom. The number of rotatable bonds is 1. The second-order valence-electron chi connectivity index (χ2n) is 1.81. The molecule has 0 aliphatic carbocycles. The van der Waals surface area contributed by atoms with Gasteiger partial charge < -0.3 is 10.6 Å². The molecule has 0 unspecified atom stereocenters. The minimum Gasteiger partial charge on any atom is -0.820 e. The van der Waals surface area contributed by atoms with Gasteiger partial charge in [0.1, 0.15) is 0 Å². The zero-order valence-corrected chi connectivity index (χ0v) is 8.74. The van der Waals surface area contributed by atoms with Gasteiger partial charge >= 0.3 is 29.6 Å². The zero-order valence-electron chi connectivity index (χ0n) is 6.74. The van der Waals surface area contributed by atoms with Crippen molar-refractivity contribution in [3.8, 4) is 0 Å². The maximum absolute atomic E-state index is 10.7. The van der Waals surface area contributed by atoms with Crippen molar-refractivity contribution in [1.82, 2.24) is 0 Å². The molecule has 60 valence electrons. The molecule has 0 heterocycles. The number of hydrogen-bond donors (Lipinski definition) is 2. The molecule has 0 atom stereocenters. The summed E-state index contributed by atoms with van der Waals surface area (Å²) < 4.78 is 0. The second-order valence-corrected chi connectivity index (χ2v) is 1.81. The molecule has 0 amide bonds. The van der Waals surface area contributed by atoms with E-state index in [-0.39, 0.29) is 35.0 Å². The van der Waals surface area contributed by atoms with Gasteiger partial charge in [0.25, 0.3) is 0 Å². The fourth-order valence-corrected chi connectivity index (χ4v) is 0.654. The molecule has 0 aliphatic rings. The molecule has 0 bridgehead atoms. The van der Waals surface area contributed by atoms with Gasteiger partial charge in [-0.15, -0.1) is 0 Å². The van der Waals surface area contributed by atoms with Gasteiger partial charge in [-0.2, -0.15) is 0 Å². The summed E-state index contributed by atoms with van der Waals surface area (Å²) in [5.74, 6) is -0.486. The summed E-state index contributed by atoms with van der Waals surface area (Å²) >= 11 is 0. The third kappa shape index (κ3) is 3.73. The Morgan fingerprint density at radius 1 is 1.25 bits per heavy atom. The zero-order chi connectivity index (χ0) is 7.40. The van der Waals surface area contributed by atoms with E-state index in [1.165, 1.54) is 0 Å².